The summed E-state index contributed by atoms with van der Waals surface area (Å²) in [6.07, 6.45) is 2.39. The van der Waals surface area contributed by atoms with E-state index in [2.05, 4.69) is 0 Å². The summed E-state index contributed by atoms with van der Waals surface area (Å²) < 4.78 is 16.3. The van der Waals surface area contributed by atoms with Crippen LogP contribution in [0.3, 0.4) is 0 Å². The maximum Gasteiger partial charge on any atom is 0.208 e. The Labute approximate surface area is 121 Å². The van der Waals surface area contributed by atoms with Gasteiger partial charge in [-0.1, -0.05) is 0 Å². The van der Waals surface area contributed by atoms with Gasteiger partial charge < -0.3 is 13.9 Å². The van der Waals surface area contributed by atoms with Crippen LogP contribution < -0.4 is 9.47 Å². The minimum Gasteiger partial charge on any atom is -0.490 e. The summed E-state index contributed by atoms with van der Waals surface area (Å²) in [5.41, 5.74) is 0. The van der Waals surface area contributed by atoms with E-state index in [0.717, 1.165) is 22.8 Å². The SMILES string of the molecule is O=C(CSc1ccc2c(c1)OCCCO2)c1ccco1. The molecule has 1 aliphatic rings. The fraction of sp³-hybridized carbons (Fsp3) is 0.267. The van der Waals surface area contributed by atoms with Crippen LogP contribution in [-0.4, -0.2) is 24.7 Å². The Morgan fingerprint density at radius 3 is 2.80 bits per heavy atom. The van der Waals surface area contributed by atoms with E-state index in [9.17, 15) is 4.79 Å². The summed E-state index contributed by atoms with van der Waals surface area (Å²) in [6, 6.07) is 9.14. The van der Waals surface area contributed by atoms with E-state index >= 15 is 0 Å². The highest BCUT2D eigenvalue weighted by molar-refractivity contribution is 8.00. The van der Waals surface area contributed by atoms with Gasteiger partial charge in [-0.05, 0) is 30.3 Å². The van der Waals surface area contributed by atoms with Gasteiger partial charge in [0.1, 0.15) is 0 Å². The maximum atomic E-state index is 11.9. The van der Waals surface area contributed by atoms with Gasteiger partial charge in [0.05, 0.1) is 25.2 Å². The number of benzene rings is 1. The molecule has 0 amide bonds. The van der Waals surface area contributed by atoms with Gasteiger partial charge in [0.15, 0.2) is 17.3 Å². The van der Waals surface area contributed by atoms with Crippen molar-refractivity contribution < 1.29 is 18.7 Å². The van der Waals surface area contributed by atoms with Crippen molar-refractivity contribution in [1.82, 2.24) is 0 Å². The Kier molecular flexibility index (Phi) is 3.97. The molecule has 1 aromatic heterocycles. The average molecular weight is 290 g/mol. The molecular formula is C15H14O4S. The summed E-state index contributed by atoms with van der Waals surface area (Å²) >= 11 is 1.46. The number of hydrogen-bond acceptors (Lipinski definition) is 5. The molecule has 104 valence electrons. The first-order chi connectivity index (χ1) is 9.83. The standard InChI is InChI=1S/C15H14O4S/c16-12(13-3-1-6-17-13)10-20-11-4-5-14-15(9-11)19-8-2-7-18-14/h1,3-6,9H,2,7-8,10H2. The molecule has 0 radical (unpaired) electrons. The van der Waals surface area contributed by atoms with E-state index in [1.54, 1.807) is 12.1 Å². The zero-order valence-electron chi connectivity index (χ0n) is 10.8. The summed E-state index contributed by atoms with van der Waals surface area (Å²) in [5, 5.41) is 0. The Morgan fingerprint density at radius 2 is 2.00 bits per heavy atom. The first-order valence-electron chi connectivity index (χ1n) is 6.42. The Bertz CT molecular complexity index is 592. The average Bonchev–Trinajstić information content (AvgIpc) is 2.90. The van der Waals surface area contributed by atoms with Gasteiger partial charge in [0.25, 0.3) is 0 Å². The third-order valence-electron chi connectivity index (χ3n) is 2.88. The van der Waals surface area contributed by atoms with E-state index in [1.807, 2.05) is 18.2 Å². The van der Waals surface area contributed by atoms with Crippen LogP contribution in [0.1, 0.15) is 17.0 Å². The molecule has 0 saturated carbocycles. The second-order valence-electron chi connectivity index (χ2n) is 4.35. The molecule has 0 saturated heterocycles. The fourth-order valence-electron chi connectivity index (χ4n) is 1.89. The van der Waals surface area contributed by atoms with Crippen LogP contribution in [0.25, 0.3) is 0 Å². The molecular weight excluding hydrogens is 276 g/mol. The van der Waals surface area contributed by atoms with Crippen molar-refractivity contribution >= 4 is 17.5 Å². The van der Waals surface area contributed by atoms with Crippen molar-refractivity contribution in [3.8, 4) is 11.5 Å². The minimum absolute atomic E-state index is 0.0212. The van der Waals surface area contributed by atoms with Crippen LogP contribution >= 0.6 is 11.8 Å². The maximum absolute atomic E-state index is 11.9. The molecule has 0 atom stereocenters. The lowest BCUT2D eigenvalue weighted by Crippen LogP contribution is -2.00. The van der Waals surface area contributed by atoms with Crippen molar-refractivity contribution in [1.29, 1.82) is 0 Å². The zero-order valence-corrected chi connectivity index (χ0v) is 11.7. The van der Waals surface area contributed by atoms with Crippen molar-refractivity contribution in [2.45, 2.75) is 11.3 Å². The number of hydrogen-bond donors (Lipinski definition) is 0. The molecule has 5 heteroatoms. The molecule has 1 aliphatic heterocycles. The topological polar surface area (TPSA) is 48.7 Å². The second kappa shape index (κ2) is 6.05. The second-order valence-corrected chi connectivity index (χ2v) is 5.40. The molecule has 20 heavy (non-hydrogen) atoms. The van der Waals surface area contributed by atoms with Crippen molar-refractivity contribution in [3.63, 3.8) is 0 Å². The molecule has 0 fully saturated rings. The molecule has 3 rings (SSSR count). The number of furan rings is 1. The quantitative estimate of drug-likeness (QED) is 0.638. The predicted octanol–water partition coefficient (Wildman–Crippen LogP) is 3.42. The van der Waals surface area contributed by atoms with Crippen LogP contribution in [0, 0.1) is 0 Å². The van der Waals surface area contributed by atoms with Crippen LogP contribution in [0.2, 0.25) is 0 Å². The summed E-state index contributed by atoms with van der Waals surface area (Å²) in [4.78, 5) is 12.8. The minimum atomic E-state index is -0.0212. The van der Waals surface area contributed by atoms with Gasteiger partial charge in [-0.25, -0.2) is 0 Å². The normalized spacial score (nSPS) is 13.8. The summed E-state index contributed by atoms with van der Waals surface area (Å²) in [6.45, 7) is 1.34. The lowest BCUT2D eigenvalue weighted by molar-refractivity contribution is 0.0992. The van der Waals surface area contributed by atoms with Crippen LogP contribution in [0.15, 0.2) is 45.9 Å². The highest BCUT2D eigenvalue weighted by atomic mass is 32.2. The summed E-state index contributed by atoms with van der Waals surface area (Å²) in [7, 11) is 0. The van der Waals surface area contributed by atoms with Gasteiger partial charge in [-0.15, -0.1) is 11.8 Å². The highest BCUT2D eigenvalue weighted by Crippen LogP contribution is 2.34. The fourth-order valence-corrected chi connectivity index (χ4v) is 2.69. The zero-order chi connectivity index (χ0) is 13.8. The van der Waals surface area contributed by atoms with Crippen LogP contribution in [-0.2, 0) is 0 Å². The molecule has 0 aliphatic carbocycles. The van der Waals surface area contributed by atoms with E-state index in [-0.39, 0.29) is 5.78 Å². The number of thioether (sulfide) groups is 1. The van der Waals surface area contributed by atoms with Crippen molar-refractivity contribution in [2.75, 3.05) is 19.0 Å². The molecule has 1 aromatic carbocycles. The van der Waals surface area contributed by atoms with E-state index in [0.29, 0.717) is 24.7 Å². The molecule has 0 spiro atoms. The molecule has 2 aromatic rings. The molecule has 4 nitrogen and oxygen atoms in total. The Morgan fingerprint density at radius 1 is 1.15 bits per heavy atom. The highest BCUT2D eigenvalue weighted by Gasteiger charge is 2.13. The van der Waals surface area contributed by atoms with Gasteiger partial charge in [-0.2, -0.15) is 0 Å². The number of carbonyl (C=O) groups is 1. The van der Waals surface area contributed by atoms with E-state index in [1.165, 1.54) is 18.0 Å². The number of rotatable bonds is 4. The lowest BCUT2D eigenvalue weighted by Gasteiger charge is -2.08. The number of ketones is 1. The third kappa shape index (κ3) is 2.99. The lowest BCUT2D eigenvalue weighted by atomic mass is 10.3. The smallest absolute Gasteiger partial charge is 0.208 e. The van der Waals surface area contributed by atoms with Crippen LogP contribution in [0.5, 0.6) is 11.5 Å². The molecule has 0 unspecified atom stereocenters. The van der Waals surface area contributed by atoms with Crippen molar-refractivity contribution in [3.05, 3.63) is 42.4 Å². The van der Waals surface area contributed by atoms with Gasteiger partial charge in [0.2, 0.25) is 5.78 Å². The van der Waals surface area contributed by atoms with Gasteiger partial charge in [0, 0.05) is 11.3 Å². The molecule has 0 N–H and O–H groups in total. The Hall–Kier alpha value is -1.88. The summed E-state index contributed by atoms with van der Waals surface area (Å²) in [5.74, 6) is 2.23. The van der Waals surface area contributed by atoms with Gasteiger partial charge >= 0.3 is 0 Å². The molecule has 0 bridgehead atoms. The Balaban J connectivity index is 1.66. The van der Waals surface area contributed by atoms with Crippen LogP contribution in [0.4, 0.5) is 0 Å². The molecule has 2 heterocycles. The largest absolute Gasteiger partial charge is 0.490 e. The number of fused-ring (bicyclic) bond motifs is 1. The number of Topliss-reactive ketones (excluding diaryl/α,β-unsaturated/α-hetero) is 1. The monoisotopic (exact) mass is 290 g/mol. The predicted molar refractivity (Wildman–Crippen MR) is 75.8 cm³/mol. The first-order valence-corrected chi connectivity index (χ1v) is 7.40. The number of ether oxygens (including phenoxy) is 2. The third-order valence-corrected chi connectivity index (χ3v) is 3.88. The first kappa shape index (κ1) is 13.1. The van der Waals surface area contributed by atoms with E-state index < -0.39 is 0 Å². The number of carbonyl (C=O) groups excluding carboxylic acids is 1. The van der Waals surface area contributed by atoms with Gasteiger partial charge in [-0.3, -0.25) is 4.79 Å². The van der Waals surface area contributed by atoms with Crippen molar-refractivity contribution in [2.24, 2.45) is 0 Å². The van der Waals surface area contributed by atoms with E-state index in [4.69, 9.17) is 13.9 Å².